The number of carbonyl (C=O) groups is 1. The lowest BCUT2D eigenvalue weighted by atomic mass is 10.1. The van der Waals surface area contributed by atoms with Crippen LogP contribution in [0.4, 0.5) is 13.2 Å². The molecule has 0 saturated heterocycles. The highest BCUT2D eigenvalue weighted by Gasteiger charge is 2.32. The van der Waals surface area contributed by atoms with Gasteiger partial charge in [0.15, 0.2) is 0 Å². The number of aryl methyl sites for hydroxylation is 1. The number of aliphatic carboxylic acids is 1. The third kappa shape index (κ3) is 3.50. The summed E-state index contributed by atoms with van der Waals surface area (Å²) in [5.41, 5.74) is 0.896. The first kappa shape index (κ1) is 14.8. The number of halogens is 3. The average molecular weight is 296 g/mol. The number of carboxylic acid groups (broad SMARTS) is 1. The van der Waals surface area contributed by atoms with Gasteiger partial charge in [0, 0.05) is 12.3 Å². The van der Waals surface area contributed by atoms with Crippen molar-refractivity contribution in [1.82, 2.24) is 9.78 Å². The van der Waals surface area contributed by atoms with E-state index in [4.69, 9.17) is 5.11 Å². The quantitative estimate of drug-likeness (QED) is 0.884. The lowest BCUT2D eigenvalue weighted by Gasteiger charge is -2.07. The van der Waals surface area contributed by atoms with Crippen LogP contribution in [0, 0.1) is 6.92 Å². The number of hydrogen-bond acceptors (Lipinski definition) is 2. The fourth-order valence-electron chi connectivity index (χ4n) is 1.75. The molecule has 0 bridgehead atoms. The van der Waals surface area contributed by atoms with Crippen molar-refractivity contribution in [3.8, 4) is 5.69 Å². The molecule has 0 aliphatic carbocycles. The number of nitrogens with zero attached hydrogens (tertiary/aromatic N) is 2. The molecule has 0 amide bonds. The van der Waals surface area contributed by atoms with E-state index in [0.29, 0.717) is 11.3 Å². The minimum Gasteiger partial charge on any atom is -0.478 e. The maximum atomic E-state index is 12.6. The van der Waals surface area contributed by atoms with Crippen molar-refractivity contribution in [2.75, 3.05) is 0 Å². The summed E-state index contributed by atoms with van der Waals surface area (Å²) in [6.45, 7) is 1.73. The van der Waals surface area contributed by atoms with Crippen LogP contribution >= 0.6 is 0 Å². The zero-order valence-corrected chi connectivity index (χ0v) is 10.9. The second-order valence-electron chi connectivity index (χ2n) is 4.39. The topological polar surface area (TPSA) is 55.1 Å². The number of carboxylic acids is 1. The van der Waals surface area contributed by atoms with Crippen LogP contribution in [0.1, 0.15) is 16.7 Å². The van der Waals surface area contributed by atoms with Gasteiger partial charge in [-0.25, -0.2) is 9.48 Å². The lowest BCUT2D eigenvalue weighted by molar-refractivity contribution is -0.137. The molecule has 110 valence electrons. The highest BCUT2D eigenvalue weighted by Crippen LogP contribution is 2.29. The van der Waals surface area contributed by atoms with E-state index in [1.807, 2.05) is 0 Å². The molecule has 0 fully saturated rings. The Morgan fingerprint density at radius 1 is 1.38 bits per heavy atom. The van der Waals surface area contributed by atoms with Gasteiger partial charge < -0.3 is 5.11 Å². The molecule has 0 radical (unpaired) electrons. The molecule has 0 aliphatic heterocycles. The Labute approximate surface area is 118 Å². The molecule has 1 aromatic carbocycles. The third-order valence-corrected chi connectivity index (χ3v) is 2.81. The van der Waals surface area contributed by atoms with Gasteiger partial charge >= 0.3 is 12.1 Å². The number of alkyl halides is 3. The summed E-state index contributed by atoms with van der Waals surface area (Å²) in [5.74, 6) is -1.10. The Morgan fingerprint density at radius 3 is 2.67 bits per heavy atom. The molecule has 21 heavy (non-hydrogen) atoms. The molecule has 0 unspecified atom stereocenters. The van der Waals surface area contributed by atoms with Gasteiger partial charge in [-0.15, -0.1) is 0 Å². The third-order valence-electron chi connectivity index (χ3n) is 2.81. The summed E-state index contributed by atoms with van der Waals surface area (Å²) in [4.78, 5) is 10.5. The summed E-state index contributed by atoms with van der Waals surface area (Å²) in [7, 11) is 0. The SMILES string of the molecule is Cc1ccc(/C=C/C(=O)O)cc1-n1cc(C(F)(F)F)cn1. The first-order valence-corrected chi connectivity index (χ1v) is 5.91. The van der Waals surface area contributed by atoms with E-state index in [1.54, 1.807) is 25.1 Å². The molecule has 4 nitrogen and oxygen atoms in total. The Bertz CT molecular complexity index is 702. The molecule has 1 N–H and O–H groups in total. The molecule has 0 saturated carbocycles. The Hall–Kier alpha value is -2.57. The van der Waals surface area contributed by atoms with E-state index < -0.39 is 17.7 Å². The van der Waals surface area contributed by atoms with Crippen LogP contribution < -0.4 is 0 Å². The molecular weight excluding hydrogens is 285 g/mol. The summed E-state index contributed by atoms with van der Waals surface area (Å²) < 4.78 is 38.9. The first-order valence-electron chi connectivity index (χ1n) is 5.91. The van der Waals surface area contributed by atoms with Crippen LogP contribution in [0.25, 0.3) is 11.8 Å². The molecular formula is C14H11F3N2O2. The van der Waals surface area contributed by atoms with E-state index in [1.165, 1.54) is 6.08 Å². The standard InChI is InChI=1S/C14H11F3N2O2/c1-9-2-3-10(4-5-13(20)21)6-12(9)19-8-11(7-18-19)14(15,16)17/h2-8H,1H3,(H,20,21)/b5-4+. The predicted molar refractivity (Wildman–Crippen MR) is 70.0 cm³/mol. The van der Waals surface area contributed by atoms with E-state index >= 15 is 0 Å². The number of benzene rings is 1. The maximum absolute atomic E-state index is 12.6. The number of hydrogen-bond donors (Lipinski definition) is 1. The van der Waals surface area contributed by atoms with Crippen molar-refractivity contribution >= 4 is 12.0 Å². The zero-order valence-electron chi connectivity index (χ0n) is 10.9. The molecule has 1 aromatic heterocycles. The van der Waals surface area contributed by atoms with Gasteiger partial charge in [-0.1, -0.05) is 12.1 Å². The van der Waals surface area contributed by atoms with E-state index in [9.17, 15) is 18.0 Å². The highest BCUT2D eigenvalue weighted by atomic mass is 19.4. The Morgan fingerprint density at radius 2 is 2.10 bits per heavy atom. The van der Waals surface area contributed by atoms with Gasteiger partial charge in [-0.2, -0.15) is 18.3 Å². The second kappa shape index (κ2) is 5.43. The molecule has 0 atom stereocenters. The Kier molecular flexibility index (Phi) is 3.84. The van der Waals surface area contributed by atoms with E-state index in [0.717, 1.165) is 28.7 Å². The van der Waals surface area contributed by atoms with Gasteiger partial charge in [0.05, 0.1) is 17.4 Å². The van der Waals surface area contributed by atoms with Crippen molar-refractivity contribution < 1.29 is 23.1 Å². The molecule has 1 heterocycles. The zero-order chi connectivity index (χ0) is 15.6. The highest BCUT2D eigenvalue weighted by molar-refractivity contribution is 5.85. The van der Waals surface area contributed by atoms with Crippen molar-refractivity contribution in [1.29, 1.82) is 0 Å². The minimum absolute atomic E-state index is 0.457. The fourth-order valence-corrected chi connectivity index (χ4v) is 1.75. The monoisotopic (exact) mass is 296 g/mol. The summed E-state index contributed by atoms with van der Waals surface area (Å²) in [6, 6.07) is 4.93. The lowest BCUT2D eigenvalue weighted by Crippen LogP contribution is -2.03. The number of aromatic nitrogens is 2. The number of rotatable bonds is 3. The van der Waals surface area contributed by atoms with Crippen molar-refractivity contribution in [2.45, 2.75) is 13.1 Å². The summed E-state index contributed by atoms with van der Waals surface area (Å²) in [6.07, 6.45) is -0.489. The molecule has 7 heteroatoms. The van der Waals surface area contributed by atoms with Crippen LogP contribution in [0.3, 0.4) is 0 Å². The normalized spacial score (nSPS) is 12.0. The van der Waals surface area contributed by atoms with Gasteiger partial charge in [0.25, 0.3) is 0 Å². The Balaban J connectivity index is 2.41. The van der Waals surface area contributed by atoms with Crippen LogP contribution in [0.2, 0.25) is 0 Å². The minimum atomic E-state index is -4.45. The van der Waals surface area contributed by atoms with Gasteiger partial charge in [-0.3, -0.25) is 0 Å². The van der Waals surface area contributed by atoms with E-state index in [-0.39, 0.29) is 0 Å². The molecule has 2 rings (SSSR count). The molecule has 2 aromatic rings. The second-order valence-corrected chi connectivity index (χ2v) is 4.39. The fraction of sp³-hybridized carbons (Fsp3) is 0.143. The molecule has 0 aliphatic rings. The van der Waals surface area contributed by atoms with Crippen molar-refractivity contribution in [3.63, 3.8) is 0 Å². The van der Waals surface area contributed by atoms with Crippen LogP contribution in [-0.2, 0) is 11.0 Å². The van der Waals surface area contributed by atoms with Gasteiger partial charge in [0.1, 0.15) is 0 Å². The first-order chi connectivity index (χ1) is 9.77. The summed E-state index contributed by atoms with van der Waals surface area (Å²) in [5, 5.41) is 12.3. The van der Waals surface area contributed by atoms with Gasteiger partial charge in [0.2, 0.25) is 0 Å². The van der Waals surface area contributed by atoms with E-state index in [2.05, 4.69) is 5.10 Å². The predicted octanol–water partition coefficient (Wildman–Crippen LogP) is 3.30. The van der Waals surface area contributed by atoms with Gasteiger partial charge in [-0.05, 0) is 30.2 Å². The summed E-state index contributed by atoms with van der Waals surface area (Å²) >= 11 is 0. The molecule has 0 spiro atoms. The smallest absolute Gasteiger partial charge is 0.419 e. The van der Waals surface area contributed by atoms with Crippen molar-refractivity contribution in [3.05, 3.63) is 53.4 Å². The largest absolute Gasteiger partial charge is 0.478 e. The van der Waals surface area contributed by atoms with Crippen LogP contribution in [0.5, 0.6) is 0 Å². The maximum Gasteiger partial charge on any atom is 0.419 e. The van der Waals surface area contributed by atoms with Crippen LogP contribution in [-0.4, -0.2) is 20.9 Å². The average Bonchev–Trinajstić information content (AvgIpc) is 2.87. The van der Waals surface area contributed by atoms with Crippen molar-refractivity contribution in [2.24, 2.45) is 0 Å². The van der Waals surface area contributed by atoms with Crippen LogP contribution in [0.15, 0.2) is 36.7 Å².